The maximum atomic E-state index is 12.9. The van der Waals surface area contributed by atoms with E-state index in [0.29, 0.717) is 11.6 Å². The van der Waals surface area contributed by atoms with Crippen molar-refractivity contribution in [1.82, 2.24) is 29.4 Å². The molecule has 0 N–H and O–H groups in total. The van der Waals surface area contributed by atoms with Gasteiger partial charge < -0.3 is 4.90 Å². The van der Waals surface area contributed by atoms with Crippen LogP contribution in [0.3, 0.4) is 0 Å². The predicted molar refractivity (Wildman–Crippen MR) is 118 cm³/mol. The minimum Gasteiger partial charge on any atom is -0.340 e. The average molecular weight is 443 g/mol. The zero-order valence-electron chi connectivity index (χ0n) is 18.0. The third-order valence-corrected chi connectivity index (χ3v) is 6.16. The fraction of sp³-hybridized carbons (Fsp3) is 0.650. The molecular formula is C20H32Cl2N6O. The van der Waals surface area contributed by atoms with Crippen LogP contribution in [0.1, 0.15) is 36.5 Å². The van der Waals surface area contributed by atoms with Crippen LogP contribution < -0.4 is 0 Å². The number of amides is 1. The van der Waals surface area contributed by atoms with Crippen molar-refractivity contribution in [3.8, 4) is 0 Å². The molecule has 1 atom stereocenters. The monoisotopic (exact) mass is 442 g/mol. The first kappa shape index (κ1) is 23.7. The van der Waals surface area contributed by atoms with Gasteiger partial charge in [-0.1, -0.05) is 18.5 Å². The second kappa shape index (κ2) is 9.96. The molecule has 1 unspecified atom stereocenters. The number of hydrogen-bond donors (Lipinski definition) is 0. The zero-order valence-corrected chi connectivity index (χ0v) is 19.6. The molecule has 1 amide bonds. The highest BCUT2D eigenvalue weighted by molar-refractivity contribution is 6.31. The van der Waals surface area contributed by atoms with Crippen LogP contribution in [-0.4, -0.2) is 61.4 Å². The number of carbonyl (C=O) groups is 1. The van der Waals surface area contributed by atoms with Gasteiger partial charge in [-0.3, -0.25) is 19.1 Å². The predicted octanol–water partition coefficient (Wildman–Crippen LogP) is 3.08. The van der Waals surface area contributed by atoms with Crippen LogP contribution in [0.4, 0.5) is 0 Å². The molecule has 9 heteroatoms. The van der Waals surface area contributed by atoms with Crippen LogP contribution in [0.25, 0.3) is 0 Å². The zero-order chi connectivity index (χ0) is 20.4. The van der Waals surface area contributed by atoms with E-state index >= 15 is 0 Å². The number of nitrogens with zero attached hydrogens (tertiary/aromatic N) is 6. The fourth-order valence-corrected chi connectivity index (χ4v) is 3.88. The molecule has 0 radical (unpaired) electrons. The van der Waals surface area contributed by atoms with E-state index in [2.05, 4.69) is 35.1 Å². The lowest BCUT2D eigenvalue weighted by Gasteiger charge is -2.36. The highest BCUT2D eigenvalue weighted by atomic mass is 35.5. The van der Waals surface area contributed by atoms with Gasteiger partial charge in [0.05, 0.1) is 34.6 Å². The first-order chi connectivity index (χ1) is 13.3. The summed E-state index contributed by atoms with van der Waals surface area (Å²) < 4.78 is 3.84. The van der Waals surface area contributed by atoms with Crippen molar-refractivity contribution >= 4 is 29.9 Å². The molecule has 0 bridgehead atoms. The van der Waals surface area contributed by atoms with E-state index in [1.165, 1.54) is 5.56 Å². The molecule has 0 spiro atoms. The molecular weight excluding hydrogens is 411 g/mol. The van der Waals surface area contributed by atoms with Gasteiger partial charge in [0.25, 0.3) is 0 Å². The Kier molecular flexibility index (Phi) is 8.14. The maximum absolute atomic E-state index is 12.9. The van der Waals surface area contributed by atoms with E-state index in [1.54, 1.807) is 0 Å². The number of piperazine rings is 1. The summed E-state index contributed by atoms with van der Waals surface area (Å²) in [6.45, 7) is 15.6. The van der Waals surface area contributed by atoms with E-state index in [4.69, 9.17) is 11.6 Å². The second-order valence-electron chi connectivity index (χ2n) is 7.76. The second-order valence-corrected chi connectivity index (χ2v) is 8.14. The summed E-state index contributed by atoms with van der Waals surface area (Å²) >= 11 is 6.22. The molecule has 1 aliphatic heterocycles. The molecule has 1 aliphatic rings. The molecule has 29 heavy (non-hydrogen) atoms. The van der Waals surface area contributed by atoms with Gasteiger partial charge in [-0.15, -0.1) is 12.4 Å². The van der Waals surface area contributed by atoms with Crippen molar-refractivity contribution in [2.75, 3.05) is 26.2 Å². The molecule has 7 nitrogen and oxygen atoms in total. The first-order valence-corrected chi connectivity index (χ1v) is 10.4. The van der Waals surface area contributed by atoms with Gasteiger partial charge in [0.2, 0.25) is 5.91 Å². The van der Waals surface area contributed by atoms with Gasteiger partial charge in [0.1, 0.15) is 0 Å². The third kappa shape index (κ3) is 5.32. The van der Waals surface area contributed by atoms with Gasteiger partial charge >= 0.3 is 0 Å². The van der Waals surface area contributed by atoms with Crippen molar-refractivity contribution in [3.63, 3.8) is 0 Å². The van der Waals surface area contributed by atoms with Crippen LogP contribution in [0.2, 0.25) is 5.02 Å². The summed E-state index contributed by atoms with van der Waals surface area (Å²) in [4.78, 5) is 17.3. The topological polar surface area (TPSA) is 59.2 Å². The highest BCUT2D eigenvalue weighted by Gasteiger charge is 2.26. The number of halogens is 2. The lowest BCUT2D eigenvalue weighted by molar-refractivity contribution is -0.137. The Morgan fingerprint density at radius 1 is 1.14 bits per heavy atom. The van der Waals surface area contributed by atoms with Crippen molar-refractivity contribution in [3.05, 3.63) is 33.9 Å². The minimum absolute atomic E-state index is 0. The van der Waals surface area contributed by atoms with Gasteiger partial charge in [-0.05, 0) is 27.7 Å². The normalized spacial score (nSPS) is 16.0. The Morgan fingerprint density at radius 3 is 2.31 bits per heavy atom. The van der Waals surface area contributed by atoms with Gasteiger partial charge in [0, 0.05) is 51.0 Å². The standard InChI is InChI=1S/C20H31ClN6O.ClH/c1-6-26-13-18(15(3)22-26)12-24-7-9-25(10-8-24)20(28)14(2)11-27-17(5)19(21)16(4)23-27;/h13-14H,6-12H2,1-5H3;1H. The Labute approximate surface area is 184 Å². The molecule has 2 aromatic heterocycles. The molecule has 1 fully saturated rings. The lowest BCUT2D eigenvalue weighted by Crippen LogP contribution is -2.50. The van der Waals surface area contributed by atoms with Crippen LogP contribution in [0.15, 0.2) is 6.20 Å². The van der Waals surface area contributed by atoms with E-state index in [0.717, 1.165) is 56.4 Å². The van der Waals surface area contributed by atoms with Crippen molar-refractivity contribution in [1.29, 1.82) is 0 Å². The highest BCUT2D eigenvalue weighted by Crippen LogP contribution is 2.20. The van der Waals surface area contributed by atoms with E-state index in [9.17, 15) is 4.79 Å². The number of hydrogen-bond acceptors (Lipinski definition) is 4. The average Bonchev–Trinajstić information content (AvgIpc) is 3.16. The fourth-order valence-electron chi connectivity index (χ4n) is 3.75. The molecule has 0 aromatic carbocycles. The van der Waals surface area contributed by atoms with Crippen LogP contribution >= 0.6 is 24.0 Å². The van der Waals surface area contributed by atoms with E-state index in [1.807, 2.05) is 35.0 Å². The molecule has 162 valence electrons. The van der Waals surface area contributed by atoms with Crippen molar-refractivity contribution in [2.45, 2.75) is 54.3 Å². The van der Waals surface area contributed by atoms with E-state index < -0.39 is 0 Å². The first-order valence-electron chi connectivity index (χ1n) is 10.0. The van der Waals surface area contributed by atoms with Gasteiger partial charge in [-0.2, -0.15) is 10.2 Å². The Bertz CT molecular complexity index is 838. The largest absolute Gasteiger partial charge is 0.340 e. The summed E-state index contributed by atoms with van der Waals surface area (Å²) in [6, 6.07) is 0. The Balaban J connectivity index is 0.00000300. The number of carbonyl (C=O) groups excluding carboxylic acids is 1. The summed E-state index contributed by atoms with van der Waals surface area (Å²) in [6.07, 6.45) is 2.13. The Morgan fingerprint density at radius 2 is 1.79 bits per heavy atom. The summed E-state index contributed by atoms with van der Waals surface area (Å²) in [7, 11) is 0. The third-order valence-electron chi connectivity index (χ3n) is 5.61. The van der Waals surface area contributed by atoms with Gasteiger partial charge in [-0.25, -0.2) is 0 Å². The molecule has 2 aromatic rings. The molecule has 0 saturated carbocycles. The summed E-state index contributed by atoms with van der Waals surface area (Å²) in [5.41, 5.74) is 4.11. The molecule has 1 saturated heterocycles. The summed E-state index contributed by atoms with van der Waals surface area (Å²) in [5.74, 6) is 0.0731. The van der Waals surface area contributed by atoms with Crippen molar-refractivity contribution < 1.29 is 4.79 Å². The molecule has 3 rings (SSSR count). The van der Waals surface area contributed by atoms with Crippen molar-refractivity contribution in [2.24, 2.45) is 5.92 Å². The maximum Gasteiger partial charge on any atom is 0.227 e. The SMILES string of the molecule is CCn1cc(CN2CCN(C(=O)C(C)Cn3nc(C)c(Cl)c3C)CC2)c(C)n1.Cl. The lowest BCUT2D eigenvalue weighted by atomic mass is 10.1. The van der Waals surface area contributed by atoms with Crippen LogP contribution in [0, 0.1) is 26.7 Å². The quantitative estimate of drug-likeness (QED) is 0.689. The smallest absolute Gasteiger partial charge is 0.227 e. The number of aryl methyl sites for hydroxylation is 3. The number of rotatable bonds is 6. The van der Waals surface area contributed by atoms with Crippen LogP contribution in [0.5, 0.6) is 0 Å². The minimum atomic E-state index is -0.120. The van der Waals surface area contributed by atoms with E-state index in [-0.39, 0.29) is 24.2 Å². The van der Waals surface area contributed by atoms with Gasteiger partial charge in [0.15, 0.2) is 0 Å². The Hall–Kier alpha value is -1.57. The summed E-state index contributed by atoms with van der Waals surface area (Å²) in [5, 5.41) is 9.66. The molecule has 3 heterocycles. The molecule has 0 aliphatic carbocycles. The van der Waals surface area contributed by atoms with Crippen LogP contribution in [-0.2, 0) is 24.4 Å². The number of aromatic nitrogens is 4.